The average molecular weight is 345 g/mol. The van der Waals surface area contributed by atoms with Gasteiger partial charge in [-0.15, -0.1) is 11.3 Å². The molecule has 6 nitrogen and oxygen atoms in total. The van der Waals surface area contributed by atoms with E-state index in [1.807, 2.05) is 22.4 Å². The topological polar surface area (TPSA) is 69.7 Å². The lowest BCUT2D eigenvalue weighted by atomic mass is 10.3. The Morgan fingerprint density at radius 1 is 1.32 bits per heavy atom. The second kappa shape index (κ2) is 8.05. The van der Waals surface area contributed by atoms with Crippen LogP contribution in [0.4, 0.5) is 0 Å². The molecule has 2 heterocycles. The van der Waals surface area contributed by atoms with Crippen LogP contribution >= 0.6 is 11.3 Å². The van der Waals surface area contributed by atoms with Crippen molar-refractivity contribution in [3.63, 3.8) is 0 Å². The first-order valence-corrected chi connectivity index (χ1v) is 10.1. The van der Waals surface area contributed by atoms with Crippen LogP contribution in [0.2, 0.25) is 0 Å². The Balaban J connectivity index is 1.79. The molecule has 124 valence electrons. The van der Waals surface area contributed by atoms with E-state index in [0.29, 0.717) is 19.6 Å². The van der Waals surface area contributed by atoms with Crippen molar-refractivity contribution in [1.82, 2.24) is 14.5 Å². The number of hydrogen-bond acceptors (Lipinski definition) is 5. The molecule has 1 aliphatic heterocycles. The van der Waals surface area contributed by atoms with E-state index in [-0.39, 0.29) is 11.7 Å². The number of hydrogen-bond donors (Lipinski definition) is 1. The Hall–Kier alpha value is -0.960. The summed E-state index contributed by atoms with van der Waals surface area (Å²) in [5, 5.41) is 1.91. The summed E-state index contributed by atoms with van der Waals surface area (Å²) in [7, 11) is -3.12. The number of carbonyl (C=O) groups is 1. The molecule has 2 rings (SSSR count). The van der Waals surface area contributed by atoms with E-state index in [1.54, 1.807) is 6.92 Å². The maximum atomic E-state index is 12.3. The zero-order valence-electron chi connectivity index (χ0n) is 12.8. The van der Waals surface area contributed by atoms with Gasteiger partial charge in [-0.05, 0) is 31.3 Å². The van der Waals surface area contributed by atoms with Gasteiger partial charge in [0.1, 0.15) is 0 Å². The van der Waals surface area contributed by atoms with Crippen molar-refractivity contribution in [3.05, 3.63) is 22.4 Å². The van der Waals surface area contributed by atoms with Crippen LogP contribution in [0.15, 0.2) is 17.5 Å². The van der Waals surface area contributed by atoms with E-state index in [9.17, 15) is 13.2 Å². The monoisotopic (exact) mass is 345 g/mol. The van der Waals surface area contributed by atoms with Crippen LogP contribution < -0.4 is 4.72 Å². The molecule has 0 spiro atoms. The molecule has 0 bridgehead atoms. The molecular formula is C14H23N3O3S2. The van der Waals surface area contributed by atoms with Crippen LogP contribution in [0.25, 0.3) is 0 Å². The van der Waals surface area contributed by atoms with Crippen molar-refractivity contribution in [2.24, 2.45) is 0 Å². The zero-order valence-corrected chi connectivity index (χ0v) is 14.5. The standard InChI is InChI=1S/C14H23N3O3S2/c1-2-22(19,20)15-6-9-16-7-4-8-17(11-10-16)14(18)13-5-3-12-21-13/h3,5,12,15H,2,4,6-11H2,1H3. The lowest BCUT2D eigenvalue weighted by Gasteiger charge is -2.21. The first-order chi connectivity index (χ1) is 10.5. The van der Waals surface area contributed by atoms with Gasteiger partial charge >= 0.3 is 0 Å². The fourth-order valence-electron chi connectivity index (χ4n) is 2.42. The van der Waals surface area contributed by atoms with Gasteiger partial charge < -0.3 is 9.80 Å². The number of carbonyl (C=O) groups excluding carboxylic acids is 1. The zero-order chi connectivity index (χ0) is 16.0. The van der Waals surface area contributed by atoms with Crippen LogP contribution in [0.5, 0.6) is 0 Å². The molecule has 1 aromatic rings. The van der Waals surface area contributed by atoms with E-state index >= 15 is 0 Å². The molecular weight excluding hydrogens is 322 g/mol. The highest BCUT2D eigenvalue weighted by atomic mass is 32.2. The first-order valence-electron chi connectivity index (χ1n) is 7.54. The molecule has 1 aliphatic rings. The molecule has 8 heteroatoms. The molecule has 0 unspecified atom stereocenters. The van der Waals surface area contributed by atoms with Gasteiger partial charge in [0.05, 0.1) is 10.6 Å². The Bertz CT molecular complexity index is 572. The van der Waals surface area contributed by atoms with E-state index in [1.165, 1.54) is 11.3 Å². The predicted octanol–water partition coefficient (Wildman–Crippen LogP) is 0.835. The van der Waals surface area contributed by atoms with Gasteiger partial charge in [0.15, 0.2) is 0 Å². The maximum Gasteiger partial charge on any atom is 0.263 e. The van der Waals surface area contributed by atoms with Gasteiger partial charge in [-0.2, -0.15) is 0 Å². The van der Waals surface area contributed by atoms with E-state index in [0.717, 1.165) is 30.9 Å². The molecule has 0 saturated carbocycles. The van der Waals surface area contributed by atoms with E-state index < -0.39 is 10.0 Å². The van der Waals surface area contributed by atoms with Gasteiger partial charge in [0, 0.05) is 32.7 Å². The van der Waals surface area contributed by atoms with Crippen molar-refractivity contribution >= 4 is 27.3 Å². The largest absolute Gasteiger partial charge is 0.337 e. The third-order valence-corrected chi connectivity index (χ3v) is 6.00. The van der Waals surface area contributed by atoms with Crippen molar-refractivity contribution in [2.75, 3.05) is 45.0 Å². The summed E-state index contributed by atoms with van der Waals surface area (Å²) >= 11 is 1.47. The molecule has 0 radical (unpaired) electrons. The van der Waals surface area contributed by atoms with Gasteiger partial charge in [0.25, 0.3) is 5.91 Å². The summed E-state index contributed by atoms with van der Waals surface area (Å²) in [6.07, 6.45) is 0.914. The molecule has 22 heavy (non-hydrogen) atoms. The minimum Gasteiger partial charge on any atom is -0.337 e. The number of rotatable bonds is 6. The van der Waals surface area contributed by atoms with Crippen molar-refractivity contribution in [2.45, 2.75) is 13.3 Å². The summed E-state index contributed by atoms with van der Waals surface area (Å²) in [6.45, 7) is 5.86. The maximum absolute atomic E-state index is 12.3. The van der Waals surface area contributed by atoms with Crippen LogP contribution in [0.1, 0.15) is 23.0 Å². The number of nitrogens with zero attached hydrogens (tertiary/aromatic N) is 2. The summed E-state index contributed by atoms with van der Waals surface area (Å²) in [4.78, 5) is 17.2. The molecule has 1 saturated heterocycles. The number of sulfonamides is 1. The van der Waals surface area contributed by atoms with Gasteiger partial charge in [-0.3, -0.25) is 4.79 Å². The second-order valence-corrected chi connectivity index (χ2v) is 8.31. The third kappa shape index (κ3) is 5.05. The Kier molecular flexibility index (Phi) is 6.37. The number of nitrogens with one attached hydrogen (secondary N) is 1. The summed E-state index contributed by atoms with van der Waals surface area (Å²) in [6, 6.07) is 3.75. The highest BCUT2D eigenvalue weighted by Gasteiger charge is 2.20. The lowest BCUT2D eigenvalue weighted by molar-refractivity contribution is 0.0766. The number of amides is 1. The second-order valence-electron chi connectivity index (χ2n) is 5.26. The van der Waals surface area contributed by atoms with Crippen molar-refractivity contribution < 1.29 is 13.2 Å². The van der Waals surface area contributed by atoms with Crippen LogP contribution in [0, 0.1) is 0 Å². The highest BCUT2D eigenvalue weighted by Crippen LogP contribution is 2.13. The molecule has 0 atom stereocenters. The minimum absolute atomic E-state index is 0.100. The minimum atomic E-state index is -3.12. The number of thiophene rings is 1. The van der Waals surface area contributed by atoms with Crippen molar-refractivity contribution in [3.8, 4) is 0 Å². The SMILES string of the molecule is CCS(=O)(=O)NCCN1CCCN(C(=O)c2cccs2)CC1. The Morgan fingerprint density at radius 3 is 2.82 bits per heavy atom. The van der Waals surface area contributed by atoms with Gasteiger partial charge in [-0.25, -0.2) is 13.1 Å². The van der Waals surface area contributed by atoms with Gasteiger partial charge in [0.2, 0.25) is 10.0 Å². The molecule has 0 aromatic carbocycles. The Labute approximate surface area is 136 Å². The summed E-state index contributed by atoms with van der Waals surface area (Å²) < 4.78 is 25.4. The third-order valence-electron chi connectivity index (χ3n) is 3.74. The first kappa shape index (κ1) is 17.4. The average Bonchev–Trinajstić information content (AvgIpc) is 2.93. The lowest BCUT2D eigenvalue weighted by Crippen LogP contribution is -2.38. The fourth-order valence-corrected chi connectivity index (χ4v) is 3.71. The summed E-state index contributed by atoms with van der Waals surface area (Å²) in [5.74, 6) is 0.208. The molecule has 1 amide bonds. The normalized spacial score (nSPS) is 17.4. The van der Waals surface area contributed by atoms with E-state index in [2.05, 4.69) is 9.62 Å². The molecule has 1 aromatic heterocycles. The summed E-state index contributed by atoms with van der Waals surface area (Å²) in [5.41, 5.74) is 0. The Morgan fingerprint density at radius 2 is 2.14 bits per heavy atom. The van der Waals surface area contributed by atoms with Crippen LogP contribution in [-0.4, -0.2) is 69.1 Å². The molecule has 0 aliphatic carbocycles. The van der Waals surface area contributed by atoms with E-state index in [4.69, 9.17) is 0 Å². The van der Waals surface area contributed by atoms with Crippen molar-refractivity contribution in [1.29, 1.82) is 0 Å². The highest BCUT2D eigenvalue weighted by molar-refractivity contribution is 7.89. The molecule has 1 fully saturated rings. The van der Waals surface area contributed by atoms with Crippen LogP contribution in [-0.2, 0) is 10.0 Å². The molecule has 1 N–H and O–H groups in total. The van der Waals surface area contributed by atoms with Gasteiger partial charge in [-0.1, -0.05) is 6.07 Å². The smallest absolute Gasteiger partial charge is 0.263 e. The fraction of sp³-hybridized carbons (Fsp3) is 0.643. The quantitative estimate of drug-likeness (QED) is 0.829. The van der Waals surface area contributed by atoms with Crippen LogP contribution in [0.3, 0.4) is 0 Å². The predicted molar refractivity (Wildman–Crippen MR) is 88.7 cm³/mol.